The van der Waals surface area contributed by atoms with Gasteiger partial charge in [-0.15, -0.1) is 0 Å². The van der Waals surface area contributed by atoms with Crippen LogP contribution in [0.25, 0.3) is 0 Å². The summed E-state index contributed by atoms with van der Waals surface area (Å²) in [6.45, 7) is 2.19. The van der Waals surface area contributed by atoms with Gasteiger partial charge in [-0.1, -0.05) is 17.7 Å². The Labute approximate surface area is 120 Å². The van der Waals surface area contributed by atoms with Crippen LogP contribution in [0.3, 0.4) is 0 Å². The van der Waals surface area contributed by atoms with E-state index < -0.39 is 0 Å². The average Bonchev–Trinajstić information content (AvgIpc) is 2.60. The standard InChI is InChI=1S/C16H22ClNO/c1-18-10-8-14-13(5-3-2-4-12-19)6-7-16(17)15(14)9-11-18/h6-7,12H,2-5,8-11H2,1H3. The van der Waals surface area contributed by atoms with Crippen molar-refractivity contribution >= 4 is 17.9 Å². The summed E-state index contributed by atoms with van der Waals surface area (Å²) in [4.78, 5) is 12.7. The fourth-order valence-corrected chi connectivity index (χ4v) is 3.06. The Bertz CT molecular complexity index is 445. The number of rotatable bonds is 5. The average molecular weight is 280 g/mol. The summed E-state index contributed by atoms with van der Waals surface area (Å²) in [5, 5.41) is 0.918. The molecule has 1 heterocycles. The Hall–Kier alpha value is -0.860. The van der Waals surface area contributed by atoms with Crippen molar-refractivity contribution in [3.63, 3.8) is 0 Å². The van der Waals surface area contributed by atoms with Crippen molar-refractivity contribution in [2.75, 3.05) is 20.1 Å². The summed E-state index contributed by atoms with van der Waals surface area (Å²) in [7, 11) is 2.17. The number of halogens is 1. The van der Waals surface area contributed by atoms with Crippen molar-refractivity contribution in [1.29, 1.82) is 0 Å². The number of nitrogens with zero attached hydrogens (tertiary/aromatic N) is 1. The van der Waals surface area contributed by atoms with Gasteiger partial charge in [-0.2, -0.15) is 0 Å². The topological polar surface area (TPSA) is 20.3 Å². The first kappa shape index (κ1) is 14.5. The second kappa shape index (κ2) is 7.06. The van der Waals surface area contributed by atoms with E-state index in [9.17, 15) is 4.79 Å². The highest BCUT2D eigenvalue weighted by Gasteiger charge is 2.16. The molecule has 0 aliphatic carbocycles. The van der Waals surface area contributed by atoms with E-state index in [4.69, 9.17) is 11.6 Å². The number of likely N-dealkylation sites (N-methyl/N-ethyl adjacent to an activating group) is 1. The lowest BCUT2D eigenvalue weighted by Crippen LogP contribution is -2.20. The maximum Gasteiger partial charge on any atom is 0.119 e. The molecule has 0 N–H and O–H groups in total. The fourth-order valence-electron chi connectivity index (χ4n) is 2.79. The van der Waals surface area contributed by atoms with Gasteiger partial charge in [0.2, 0.25) is 0 Å². The van der Waals surface area contributed by atoms with Crippen molar-refractivity contribution in [3.05, 3.63) is 33.8 Å². The molecule has 0 bridgehead atoms. The smallest absolute Gasteiger partial charge is 0.119 e. The summed E-state index contributed by atoms with van der Waals surface area (Å²) in [5.41, 5.74) is 4.24. The zero-order valence-electron chi connectivity index (χ0n) is 11.6. The summed E-state index contributed by atoms with van der Waals surface area (Å²) in [6.07, 6.45) is 6.97. The molecule has 2 rings (SSSR count). The van der Waals surface area contributed by atoms with Gasteiger partial charge in [-0.3, -0.25) is 0 Å². The Morgan fingerprint density at radius 2 is 1.95 bits per heavy atom. The van der Waals surface area contributed by atoms with Crippen molar-refractivity contribution in [2.45, 2.75) is 38.5 Å². The Morgan fingerprint density at radius 1 is 1.21 bits per heavy atom. The molecule has 0 amide bonds. The molecule has 0 fully saturated rings. The highest BCUT2D eigenvalue weighted by molar-refractivity contribution is 6.31. The third-order valence-electron chi connectivity index (χ3n) is 3.98. The predicted molar refractivity (Wildman–Crippen MR) is 80.0 cm³/mol. The van der Waals surface area contributed by atoms with Crippen LogP contribution in [0, 0.1) is 0 Å². The molecule has 1 aliphatic heterocycles. The fraction of sp³-hybridized carbons (Fsp3) is 0.562. The van der Waals surface area contributed by atoms with E-state index in [1.807, 2.05) is 6.07 Å². The summed E-state index contributed by atoms with van der Waals surface area (Å²) in [5.74, 6) is 0. The molecule has 1 aliphatic rings. The van der Waals surface area contributed by atoms with Crippen LogP contribution < -0.4 is 0 Å². The van der Waals surface area contributed by atoms with Crippen LogP contribution in [0.5, 0.6) is 0 Å². The maximum atomic E-state index is 10.4. The van der Waals surface area contributed by atoms with Gasteiger partial charge in [0.15, 0.2) is 0 Å². The van der Waals surface area contributed by atoms with Crippen LogP contribution in [0.2, 0.25) is 5.02 Å². The van der Waals surface area contributed by atoms with Gasteiger partial charge < -0.3 is 9.69 Å². The molecule has 0 spiro atoms. The lowest BCUT2D eigenvalue weighted by Gasteiger charge is -2.13. The zero-order valence-corrected chi connectivity index (χ0v) is 12.4. The minimum atomic E-state index is 0.679. The lowest BCUT2D eigenvalue weighted by molar-refractivity contribution is -0.107. The van der Waals surface area contributed by atoms with Crippen LogP contribution in [0.4, 0.5) is 0 Å². The third-order valence-corrected chi connectivity index (χ3v) is 4.33. The highest BCUT2D eigenvalue weighted by atomic mass is 35.5. The number of unbranched alkanes of at least 4 members (excludes halogenated alkanes) is 2. The molecule has 0 saturated carbocycles. The summed E-state index contributed by atoms with van der Waals surface area (Å²) in [6, 6.07) is 4.22. The number of aldehydes is 1. The zero-order chi connectivity index (χ0) is 13.7. The van der Waals surface area contributed by atoms with Gasteiger partial charge in [0.25, 0.3) is 0 Å². The van der Waals surface area contributed by atoms with Crippen LogP contribution in [-0.2, 0) is 24.1 Å². The van der Waals surface area contributed by atoms with Gasteiger partial charge in [0, 0.05) is 24.5 Å². The van der Waals surface area contributed by atoms with E-state index in [-0.39, 0.29) is 0 Å². The van der Waals surface area contributed by atoms with Crippen molar-refractivity contribution in [2.24, 2.45) is 0 Å². The molecule has 0 saturated heterocycles. The van der Waals surface area contributed by atoms with E-state index in [1.54, 1.807) is 0 Å². The van der Waals surface area contributed by atoms with Gasteiger partial charge in [0.05, 0.1) is 0 Å². The molecule has 2 nitrogen and oxygen atoms in total. The number of benzene rings is 1. The number of aryl methyl sites for hydroxylation is 1. The number of hydrogen-bond acceptors (Lipinski definition) is 2. The van der Waals surface area contributed by atoms with E-state index in [0.717, 1.165) is 56.5 Å². The van der Waals surface area contributed by atoms with E-state index in [2.05, 4.69) is 18.0 Å². The molecule has 0 radical (unpaired) electrons. The Balaban J connectivity index is 2.14. The quantitative estimate of drug-likeness (QED) is 0.609. The largest absolute Gasteiger partial charge is 0.306 e. The van der Waals surface area contributed by atoms with Gasteiger partial charge in [0.1, 0.15) is 6.29 Å². The molecule has 104 valence electrons. The maximum absolute atomic E-state index is 10.4. The van der Waals surface area contributed by atoms with E-state index >= 15 is 0 Å². The number of carbonyl (C=O) groups is 1. The van der Waals surface area contributed by atoms with Gasteiger partial charge >= 0.3 is 0 Å². The SMILES string of the molecule is CN1CCc2c(Cl)ccc(CCCCC=O)c2CC1. The van der Waals surface area contributed by atoms with Crippen LogP contribution in [0.15, 0.2) is 12.1 Å². The first-order valence-electron chi connectivity index (χ1n) is 7.13. The van der Waals surface area contributed by atoms with Gasteiger partial charge in [-0.05, 0) is 61.9 Å². The molecular weight excluding hydrogens is 258 g/mol. The number of hydrogen-bond donors (Lipinski definition) is 0. The number of fused-ring (bicyclic) bond motifs is 1. The summed E-state index contributed by atoms with van der Waals surface area (Å²) < 4.78 is 0. The molecule has 1 aromatic carbocycles. The highest BCUT2D eigenvalue weighted by Crippen LogP contribution is 2.28. The Morgan fingerprint density at radius 3 is 2.68 bits per heavy atom. The van der Waals surface area contributed by atoms with Crippen LogP contribution in [0.1, 0.15) is 36.0 Å². The van der Waals surface area contributed by atoms with E-state index in [0.29, 0.717) is 6.42 Å². The van der Waals surface area contributed by atoms with Crippen LogP contribution in [-0.4, -0.2) is 31.3 Å². The minimum absolute atomic E-state index is 0.679. The van der Waals surface area contributed by atoms with E-state index in [1.165, 1.54) is 16.7 Å². The molecule has 0 unspecified atom stereocenters. The van der Waals surface area contributed by atoms with Crippen molar-refractivity contribution in [3.8, 4) is 0 Å². The molecule has 19 heavy (non-hydrogen) atoms. The molecule has 0 aromatic heterocycles. The normalized spacial score (nSPS) is 15.9. The monoisotopic (exact) mass is 279 g/mol. The number of carbonyl (C=O) groups excluding carboxylic acids is 1. The first-order chi connectivity index (χ1) is 9.22. The second-order valence-electron chi connectivity index (χ2n) is 5.38. The Kier molecular flexibility index (Phi) is 5.41. The molecule has 1 aromatic rings. The molecular formula is C16H22ClNO. The minimum Gasteiger partial charge on any atom is -0.306 e. The van der Waals surface area contributed by atoms with Gasteiger partial charge in [-0.25, -0.2) is 0 Å². The predicted octanol–water partition coefficient (Wildman–Crippen LogP) is 3.28. The molecule has 3 heteroatoms. The second-order valence-corrected chi connectivity index (χ2v) is 5.79. The third kappa shape index (κ3) is 3.80. The molecule has 0 atom stereocenters. The summed E-state index contributed by atoms with van der Waals surface area (Å²) >= 11 is 6.35. The van der Waals surface area contributed by atoms with Crippen molar-refractivity contribution < 1.29 is 4.79 Å². The first-order valence-corrected chi connectivity index (χ1v) is 7.51. The van der Waals surface area contributed by atoms with Crippen molar-refractivity contribution in [1.82, 2.24) is 4.90 Å². The van der Waals surface area contributed by atoms with Crippen LogP contribution >= 0.6 is 11.6 Å². The lowest BCUT2D eigenvalue weighted by atomic mass is 9.94.